The Morgan fingerprint density at radius 2 is 2.20 bits per heavy atom. The molecule has 2 aromatic rings. The number of aromatic amines is 1. The number of benzene rings is 1. The Morgan fingerprint density at radius 1 is 1.50 bits per heavy atom. The molecule has 0 aliphatic rings. The molecule has 1 aromatic carbocycles. The number of nitrogens with one attached hydrogen (secondary N) is 1. The molecule has 0 saturated heterocycles. The third kappa shape index (κ3) is 3.13. The zero-order chi connectivity index (χ0) is 14.9. The van der Waals surface area contributed by atoms with Gasteiger partial charge in [0.1, 0.15) is 5.82 Å². The number of halogens is 2. The highest BCUT2D eigenvalue weighted by Gasteiger charge is 2.11. The quantitative estimate of drug-likeness (QED) is 0.803. The third-order valence-corrected chi connectivity index (χ3v) is 4.77. The van der Waals surface area contributed by atoms with E-state index < -0.39 is 0 Å². The molecule has 20 heavy (non-hydrogen) atoms. The molecule has 1 atom stereocenters. The largest absolute Gasteiger partial charge is 0.331 e. The van der Waals surface area contributed by atoms with Crippen LogP contribution in [0.5, 0.6) is 0 Å². The average Bonchev–Trinajstić information content (AvgIpc) is 2.71. The second kappa shape index (κ2) is 6.37. The highest BCUT2D eigenvalue weighted by Crippen LogP contribution is 2.23. The fraction of sp³-hybridized carbons (Fsp3) is 0.500. The van der Waals surface area contributed by atoms with Gasteiger partial charge in [0, 0.05) is 25.2 Å². The minimum absolute atomic E-state index is 0.268. The van der Waals surface area contributed by atoms with Crippen LogP contribution < -0.4 is 0 Å². The maximum Gasteiger partial charge on any atom is 0.178 e. The molecule has 0 spiro atoms. The minimum Gasteiger partial charge on any atom is -0.331 e. The predicted molar refractivity (Wildman–Crippen MR) is 87.2 cm³/mol. The van der Waals surface area contributed by atoms with Crippen molar-refractivity contribution in [2.75, 3.05) is 13.6 Å². The van der Waals surface area contributed by atoms with Crippen LogP contribution in [-0.2, 0) is 6.54 Å². The topological polar surface area (TPSA) is 24.0 Å². The van der Waals surface area contributed by atoms with E-state index >= 15 is 0 Å². The molecule has 0 fully saturated rings. The summed E-state index contributed by atoms with van der Waals surface area (Å²) in [5.74, 6) is -0.268. The summed E-state index contributed by atoms with van der Waals surface area (Å²) in [5, 5.41) is 0. The van der Waals surface area contributed by atoms with Crippen molar-refractivity contribution in [2.45, 2.75) is 32.9 Å². The molecule has 0 saturated carbocycles. The van der Waals surface area contributed by atoms with Crippen molar-refractivity contribution < 1.29 is 4.39 Å². The number of fused-ring (bicyclic) bond motifs is 1. The van der Waals surface area contributed by atoms with Crippen molar-refractivity contribution in [3.63, 3.8) is 0 Å². The van der Waals surface area contributed by atoms with Crippen molar-refractivity contribution in [3.8, 4) is 0 Å². The molecule has 110 valence electrons. The SMILES string of the molecule is CCC(C)N(C)CCn1c(=S)[nH]c2cc(Br)c(F)cc21. The molecule has 0 radical (unpaired) electrons. The minimum atomic E-state index is -0.268. The second-order valence-corrected chi connectivity index (χ2v) is 6.34. The molecule has 0 aliphatic heterocycles. The lowest BCUT2D eigenvalue weighted by Gasteiger charge is -2.23. The molecule has 1 unspecified atom stereocenters. The zero-order valence-electron chi connectivity index (χ0n) is 11.9. The van der Waals surface area contributed by atoms with Gasteiger partial charge in [-0.05, 0) is 54.6 Å². The summed E-state index contributed by atoms with van der Waals surface area (Å²) in [6.45, 7) is 6.01. The van der Waals surface area contributed by atoms with Gasteiger partial charge >= 0.3 is 0 Å². The third-order valence-electron chi connectivity index (χ3n) is 3.84. The number of aromatic nitrogens is 2. The van der Waals surface area contributed by atoms with E-state index in [-0.39, 0.29) is 5.82 Å². The molecule has 2 rings (SSSR count). The Hall–Kier alpha value is -0.720. The summed E-state index contributed by atoms with van der Waals surface area (Å²) in [7, 11) is 2.10. The fourth-order valence-corrected chi connectivity index (χ4v) is 2.81. The van der Waals surface area contributed by atoms with E-state index in [0.29, 0.717) is 15.3 Å². The molecular weight excluding hydrogens is 341 g/mol. The number of H-pyrrole nitrogens is 1. The second-order valence-electron chi connectivity index (χ2n) is 5.10. The zero-order valence-corrected chi connectivity index (χ0v) is 14.3. The number of likely N-dealkylation sites (N-methyl/N-ethyl adjacent to an activating group) is 1. The number of hydrogen-bond acceptors (Lipinski definition) is 2. The summed E-state index contributed by atoms with van der Waals surface area (Å²) >= 11 is 8.53. The Labute approximate surface area is 131 Å². The lowest BCUT2D eigenvalue weighted by Crippen LogP contribution is -2.31. The highest BCUT2D eigenvalue weighted by molar-refractivity contribution is 9.10. The smallest absolute Gasteiger partial charge is 0.178 e. The van der Waals surface area contributed by atoms with Crippen molar-refractivity contribution in [3.05, 3.63) is 27.2 Å². The van der Waals surface area contributed by atoms with Crippen LogP contribution in [0.2, 0.25) is 0 Å². The van der Waals surface area contributed by atoms with Crippen LogP contribution in [-0.4, -0.2) is 34.1 Å². The Bertz CT molecular complexity index is 664. The molecule has 0 amide bonds. The number of hydrogen-bond donors (Lipinski definition) is 1. The van der Waals surface area contributed by atoms with Gasteiger partial charge in [-0.15, -0.1) is 0 Å². The van der Waals surface area contributed by atoms with E-state index in [1.807, 2.05) is 4.57 Å². The fourth-order valence-electron chi connectivity index (χ4n) is 2.16. The Balaban J connectivity index is 2.28. The van der Waals surface area contributed by atoms with Gasteiger partial charge in [0.05, 0.1) is 15.5 Å². The predicted octanol–water partition coefficient (Wildman–Crippen LogP) is 4.33. The van der Waals surface area contributed by atoms with Crippen LogP contribution in [0, 0.1) is 10.6 Å². The maximum atomic E-state index is 13.7. The highest BCUT2D eigenvalue weighted by atomic mass is 79.9. The van der Waals surface area contributed by atoms with Gasteiger partial charge in [0.25, 0.3) is 0 Å². The van der Waals surface area contributed by atoms with E-state index in [1.54, 1.807) is 6.07 Å². The van der Waals surface area contributed by atoms with Gasteiger partial charge in [-0.25, -0.2) is 4.39 Å². The van der Waals surface area contributed by atoms with Gasteiger partial charge in [0.15, 0.2) is 4.77 Å². The van der Waals surface area contributed by atoms with Crippen LogP contribution in [0.25, 0.3) is 11.0 Å². The molecule has 1 heterocycles. The number of imidazole rings is 1. The van der Waals surface area contributed by atoms with Crippen molar-refractivity contribution in [1.29, 1.82) is 0 Å². The maximum absolute atomic E-state index is 13.7. The van der Waals surface area contributed by atoms with Crippen LogP contribution in [0.15, 0.2) is 16.6 Å². The van der Waals surface area contributed by atoms with Crippen molar-refractivity contribution in [1.82, 2.24) is 14.5 Å². The molecule has 0 aliphatic carbocycles. The van der Waals surface area contributed by atoms with E-state index in [0.717, 1.165) is 30.5 Å². The van der Waals surface area contributed by atoms with Crippen LogP contribution >= 0.6 is 28.1 Å². The molecular formula is C14H19BrFN3S. The van der Waals surface area contributed by atoms with Crippen LogP contribution in [0.3, 0.4) is 0 Å². The molecule has 1 N–H and O–H groups in total. The van der Waals surface area contributed by atoms with Crippen molar-refractivity contribution >= 4 is 39.2 Å². The van der Waals surface area contributed by atoms with E-state index in [9.17, 15) is 4.39 Å². The Morgan fingerprint density at radius 3 is 2.85 bits per heavy atom. The molecule has 1 aromatic heterocycles. The average molecular weight is 360 g/mol. The molecule has 6 heteroatoms. The van der Waals surface area contributed by atoms with Gasteiger partial charge in [-0.2, -0.15) is 0 Å². The first-order valence-electron chi connectivity index (χ1n) is 6.71. The summed E-state index contributed by atoms with van der Waals surface area (Å²) in [5.41, 5.74) is 1.67. The number of nitrogens with zero attached hydrogens (tertiary/aromatic N) is 2. The monoisotopic (exact) mass is 359 g/mol. The Kier molecular flexibility index (Phi) is 4.99. The first-order chi connectivity index (χ1) is 9.43. The van der Waals surface area contributed by atoms with Gasteiger partial charge in [-0.1, -0.05) is 6.92 Å². The van der Waals surface area contributed by atoms with Crippen molar-refractivity contribution in [2.24, 2.45) is 0 Å². The van der Waals surface area contributed by atoms with E-state index in [1.165, 1.54) is 6.07 Å². The lowest BCUT2D eigenvalue weighted by molar-refractivity contribution is 0.243. The van der Waals surface area contributed by atoms with E-state index in [4.69, 9.17) is 12.2 Å². The molecule has 0 bridgehead atoms. The van der Waals surface area contributed by atoms with Gasteiger partial charge in [-0.3, -0.25) is 0 Å². The van der Waals surface area contributed by atoms with Gasteiger partial charge < -0.3 is 14.5 Å². The van der Waals surface area contributed by atoms with Crippen LogP contribution in [0.1, 0.15) is 20.3 Å². The number of rotatable bonds is 5. The summed E-state index contributed by atoms with van der Waals surface area (Å²) in [6.07, 6.45) is 1.11. The van der Waals surface area contributed by atoms with Crippen LogP contribution in [0.4, 0.5) is 4.39 Å². The normalized spacial score (nSPS) is 13.3. The first kappa shape index (κ1) is 15.7. The molecule has 3 nitrogen and oxygen atoms in total. The summed E-state index contributed by atoms with van der Waals surface area (Å²) in [4.78, 5) is 5.41. The van der Waals surface area contributed by atoms with Gasteiger partial charge in [0.2, 0.25) is 0 Å². The summed E-state index contributed by atoms with van der Waals surface area (Å²) in [6, 6.07) is 3.78. The first-order valence-corrected chi connectivity index (χ1v) is 7.92. The van der Waals surface area contributed by atoms with E-state index in [2.05, 4.69) is 46.7 Å². The summed E-state index contributed by atoms with van der Waals surface area (Å²) < 4.78 is 16.7. The standard InChI is InChI=1S/C14H19BrFN3S/c1-4-9(2)18(3)5-6-19-13-8-11(16)10(15)7-12(13)17-14(19)20/h7-9H,4-6H2,1-3H3,(H,17,20). The lowest BCUT2D eigenvalue weighted by atomic mass is 10.2.